The molecule has 0 aliphatic carbocycles. The molecule has 1 heterocycles. The number of Topliss-reactive ketones (excluding diaryl/α,β-unsaturated/α-hetero) is 1. The van der Waals surface area contributed by atoms with Gasteiger partial charge < -0.3 is 19.8 Å². The second-order valence-corrected chi connectivity index (χ2v) is 10.6. The normalized spacial score (nSPS) is 17.1. The summed E-state index contributed by atoms with van der Waals surface area (Å²) in [6, 6.07) is 17.4. The van der Waals surface area contributed by atoms with Crippen LogP contribution in [0.25, 0.3) is 5.76 Å². The fourth-order valence-electron chi connectivity index (χ4n) is 4.47. The van der Waals surface area contributed by atoms with Crippen molar-refractivity contribution >= 4 is 35.0 Å². The standard InChI is InChI=1S/C30H28ClNO6/c1-30(2,3)21-12-9-18(10-13-21)25-24(26(33)20-11-14-22(31)23(15-20)38-4)27(34)28(35)32(25)16-17-5-7-19(8-6-17)29(36)37/h5-15,25,33H,16H2,1-4H3,(H,36,37)/b26-24-. The minimum absolute atomic E-state index is 0.0386. The highest BCUT2D eigenvalue weighted by molar-refractivity contribution is 6.46. The van der Waals surface area contributed by atoms with Crippen LogP contribution >= 0.6 is 11.6 Å². The van der Waals surface area contributed by atoms with Gasteiger partial charge in [-0.2, -0.15) is 0 Å². The number of ether oxygens (including phenoxy) is 1. The number of hydrogen-bond donors (Lipinski definition) is 2. The molecule has 3 aromatic carbocycles. The Kier molecular flexibility index (Phi) is 7.33. The molecule has 0 aromatic heterocycles. The van der Waals surface area contributed by atoms with E-state index in [1.54, 1.807) is 24.3 Å². The molecule has 196 valence electrons. The second-order valence-electron chi connectivity index (χ2n) is 10.2. The Morgan fingerprint density at radius 3 is 2.11 bits per heavy atom. The van der Waals surface area contributed by atoms with E-state index in [0.29, 0.717) is 21.9 Å². The molecule has 1 atom stereocenters. The molecule has 1 aliphatic heterocycles. The van der Waals surface area contributed by atoms with Crippen LogP contribution in [-0.2, 0) is 21.5 Å². The predicted molar refractivity (Wildman–Crippen MR) is 144 cm³/mol. The summed E-state index contributed by atoms with van der Waals surface area (Å²) in [6.07, 6.45) is 0. The first-order valence-electron chi connectivity index (χ1n) is 12.0. The van der Waals surface area contributed by atoms with E-state index in [2.05, 4.69) is 20.8 Å². The van der Waals surface area contributed by atoms with E-state index in [1.807, 2.05) is 24.3 Å². The molecule has 0 bridgehead atoms. The number of halogens is 1. The number of methoxy groups -OCH3 is 1. The second kappa shape index (κ2) is 10.3. The monoisotopic (exact) mass is 533 g/mol. The Hall–Kier alpha value is -4.10. The molecule has 0 radical (unpaired) electrons. The number of amides is 1. The van der Waals surface area contributed by atoms with Crippen LogP contribution < -0.4 is 4.74 Å². The number of aliphatic hydroxyl groups is 1. The fourth-order valence-corrected chi connectivity index (χ4v) is 4.66. The summed E-state index contributed by atoms with van der Waals surface area (Å²) in [4.78, 5) is 39.3. The molecule has 8 heteroatoms. The van der Waals surface area contributed by atoms with Gasteiger partial charge in [0.25, 0.3) is 11.7 Å². The van der Waals surface area contributed by atoms with Crippen molar-refractivity contribution in [3.05, 3.63) is 105 Å². The maximum absolute atomic E-state index is 13.4. The minimum atomic E-state index is -1.06. The lowest BCUT2D eigenvalue weighted by Gasteiger charge is -2.26. The number of carboxylic acids is 1. The molecule has 0 saturated carbocycles. The SMILES string of the molecule is COc1cc(/C(O)=C2/C(=O)C(=O)N(Cc3ccc(C(=O)O)cc3)C2c2ccc(C(C)(C)C)cc2)ccc1Cl. The van der Waals surface area contributed by atoms with Gasteiger partial charge >= 0.3 is 5.97 Å². The van der Waals surface area contributed by atoms with Crippen molar-refractivity contribution in [2.24, 2.45) is 0 Å². The van der Waals surface area contributed by atoms with Crippen molar-refractivity contribution in [2.45, 2.75) is 38.8 Å². The van der Waals surface area contributed by atoms with E-state index in [1.165, 1.54) is 30.2 Å². The third-order valence-electron chi connectivity index (χ3n) is 6.61. The maximum Gasteiger partial charge on any atom is 0.335 e. The molecule has 38 heavy (non-hydrogen) atoms. The highest BCUT2D eigenvalue weighted by atomic mass is 35.5. The van der Waals surface area contributed by atoms with E-state index in [0.717, 1.165) is 5.56 Å². The summed E-state index contributed by atoms with van der Waals surface area (Å²) in [5, 5.41) is 20.9. The summed E-state index contributed by atoms with van der Waals surface area (Å²) in [5.41, 5.74) is 2.61. The van der Waals surface area contributed by atoms with E-state index in [-0.39, 0.29) is 34.4 Å². The molecular formula is C30H28ClNO6. The molecule has 1 unspecified atom stereocenters. The number of aliphatic hydroxyl groups excluding tert-OH is 1. The van der Waals surface area contributed by atoms with E-state index >= 15 is 0 Å². The molecule has 2 N–H and O–H groups in total. The van der Waals surface area contributed by atoms with E-state index in [9.17, 15) is 24.6 Å². The Morgan fingerprint density at radius 2 is 1.55 bits per heavy atom. The zero-order valence-corrected chi connectivity index (χ0v) is 22.2. The third kappa shape index (κ3) is 5.15. The van der Waals surface area contributed by atoms with Gasteiger partial charge in [0, 0.05) is 12.1 Å². The Labute approximate surface area is 225 Å². The summed E-state index contributed by atoms with van der Waals surface area (Å²) in [6.45, 7) is 6.30. The third-order valence-corrected chi connectivity index (χ3v) is 6.92. The van der Waals surface area contributed by atoms with Gasteiger partial charge in [-0.05, 0) is 52.4 Å². The maximum atomic E-state index is 13.4. The van der Waals surface area contributed by atoms with Crippen molar-refractivity contribution in [1.82, 2.24) is 4.90 Å². The average Bonchev–Trinajstić information content (AvgIpc) is 3.13. The summed E-state index contributed by atoms with van der Waals surface area (Å²) >= 11 is 6.14. The molecule has 1 fully saturated rings. The first kappa shape index (κ1) is 26.9. The Morgan fingerprint density at radius 1 is 0.947 bits per heavy atom. The number of hydrogen-bond acceptors (Lipinski definition) is 5. The number of benzene rings is 3. The van der Waals surface area contributed by atoms with Gasteiger partial charge in [0.15, 0.2) is 0 Å². The van der Waals surface area contributed by atoms with Crippen LogP contribution in [0.4, 0.5) is 0 Å². The van der Waals surface area contributed by atoms with Crippen LogP contribution in [-0.4, -0.2) is 39.9 Å². The average molecular weight is 534 g/mol. The first-order valence-corrected chi connectivity index (χ1v) is 12.3. The number of nitrogens with zero attached hydrogens (tertiary/aromatic N) is 1. The van der Waals surface area contributed by atoms with Crippen LogP contribution in [0.3, 0.4) is 0 Å². The summed E-state index contributed by atoms with van der Waals surface area (Å²) in [7, 11) is 1.44. The van der Waals surface area contributed by atoms with Crippen molar-refractivity contribution in [3.8, 4) is 5.75 Å². The van der Waals surface area contributed by atoms with Crippen LogP contribution in [0.5, 0.6) is 5.75 Å². The Balaban J connectivity index is 1.85. The van der Waals surface area contributed by atoms with Gasteiger partial charge in [0.05, 0.1) is 29.3 Å². The van der Waals surface area contributed by atoms with Crippen molar-refractivity contribution < 1.29 is 29.3 Å². The van der Waals surface area contributed by atoms with Gasteiger partial charge in [-0.1, -0.05) is 68.8 Å². The van der Waals surface area contributed by atoms with E-state index in [4.69, 9.17) is 16.3 Å². The van der Waals surface area contributed by atoms with Gasteiger partial charge in [-0.3, -0.25) is 9.59 Å². The van der Waals surface area contributed by atoms with Crippen LogP contribution in [0.1, 0.15) is 59.4 Å². The molecule has 7 nitrogen and oxygen atoms in total. The number of rotatable bonds is 6. The summed E-state index contributed by atoms with van der Waals surface area (Å²) in [5.74, 6) is -2.67. The first-order chi connectivity index (χ1) is 17.9. The minimum Gasteiger partial charge on any atom is -0.507 e. The zero-order chi connectivity index (χ0) is 27.8. The van der Waals surface area contributed by atoms with E-state index < -0.39 is 23.7 Å². The topological polar surface area (TPSA) is 104 Å². The van der Waals surface area contributed by atoms with Crippen molar-refractivity contribution in [3.63, 3.8) is 0 Å². The van der Waals surface area contributed by atoms with Gasteiger partial charge in [0.2, 0.25) is 0 Å². The van der Waals surface area contributed by atoms with Crippen LogP contribution in [0.2, 0.25) is 5.02 Å². The van der Waals surface area contributed by atoms with Crippen molar-refractivity contribution in [2.75, 3.05) is 7.11 Å². The fraction of sp³-hybridized carbons (Fsp3) is 0.233. The molecule has 1 aliphatic rings. The van der Waals surface area contributed by atoms with Gasteiger partial charge in [-0.15, -0.1) is 0 Å². The number of aromatic carboxylic acids is 1. The quantitative estimate of drug-likeness (QED) is 0.230. The predicted octanol–water partition coefficient (Wildman–Crippen LogP) is 5.97. The Bertz CT molecular complexity index is 1440. The highest BCUT2D eigenvalue weighted by Crippen LogP contribution is 2.41. The molecular weight excluding hydrogens is 506 g/mol. The lowest BCUT2D eigenvalue weighted by atomic mass is 9.85. The van der Waals surface area contributed by atoms with Crippen LogP contribution in [0, 0.1) is 0 Å². The molecule has 0 spiro atoms. The largest absolute Gasteiger partial charge is 0.507 e. The smallest absolute Gasteiger partial charge is 0.335 e. The molecule has 3 aromatic rings. The van der Waals surface area contributed by atoms with Gasteiger partial charge in [-0.25, -0.2) is 4.79 Å². The number of carbonyl (C=O) groups is 3. The lowest BCUT2D eigenvalue weighted by molar-refractivity contribution is -0.140. The number of likely N-dealkylation sites (tertiary alicyclic amines) is 1. The molecule has 1 saturated heterocycles. The molecule has 4 rings (SSSR count). The highest BCUT2D eigenvalue weighted by Gasteiger charge is 2.46. The lowest BCUT2D eigenvalue weighted by Crippen LogP contribution is -2.29. The van der Waals surface area contributed by atoms with Crippen molar-refractivity contribution in [1.29, 1.82) is 0 Å². The summed E-state index contributed by atoms with van der Waals surface area (Å²) < 4.78 is 5.26. The molecule has 1 amide bonds. The number of ketones is 1. The zero-order valence-electron chi connectivity index (χ0n) is 21.5. The van der Waals surface area contributed by atoms with Crippen LogP contribution in [0.15, 0.2) is 72.3 Å². The number of carboxylic acid groups (broad SMARTS) is 1. The number of carbonyl (C=O) groups excluding carboxylic acids is 2. The van der Waals surface area contributed by atoms with Gasteiger partial charge in [0.1, 0.15) is 11.5 Å².